The number of hydrogen-bond acceptors (Lipinski definition) is 6. The van der Waals surface area contributed by atoms with Crippen molar-refractivity contribution in [1.29, 1.82) is 0 Å². The predicted molar refractivity (Wildman–Crippen MR) is 126 cm³/mol. The molecule has 0 saturated heterocycles. The third-order valence-corrected chi connectivity index (χ3v) is 7.49. The van der Waals surface area contributed by atoms with Crippen molar-refractivity contribution in [3.8, 4) is 5.75 Å². The molecule has 2 atom stereocenters. The van der Waals surface area contributed by atoms with E-state index in [1.165, 1.54) is 37.4 Å². The van der Waals surface area contributed by atoms with E-state index in [1.807, 2.05) is 0 Å². The fourth-order valence-corrected chi connectivity index (χ4v) is 5.34. The molecule has 0 radical (unpaired) electrons. The first-order chi connectivity index (χ1) is 14.8. The van der Waals surface area contributed by atoms with Crippen LogP contribution in [0, 0.1) is 0 Å². The van der Waals surface area contributed by atoms with Crippen LogP contribution in [0.1, 0.15) is 31.9 Å². The molecule has 0 aliphatic rings. The van der Waals surface area contributed by atoms with E-state index in [4.69, 9.17) is 16.3 Å². The smallest absolute Gasteiger partial charge is 0.244 e. The van der Waals surface area contributed by atoms with Gasteiger partial charge < -0.3 is 10.1 Å². The largest absolute Gasteiger partial charge is 0.495 e. The summed E-state index contributed by atoms with van der Waals surface area (Å²) >= 11 is 6.17. The zero-order valence-corrected chi connectivity index (χ0v) is 20.9. The number of methoxy groups -OCH3 is 1. The third kappa shape index (κ3) is 6.14. The Kier molecular flexibility index (Phi) is 8.19. The van der Waals surface area contributed by atoms with Crippen molar-refractivity contribution in [3.05, 3.63) is 53.1 Å². The highest BCUT2D eigenvalue weighted by molar-refractivity contribution is 7.92. The summed E-state index contributed by atoms with van der Waals surface area (Å²) in [6.45, 7) is 3.44. The van der Waals surface area contributed by atoms with Gasteiger partial charge in [0.05, 0.1) is 35.0 Å². The number of sulfone groups is 1. The molecule has 0 unspecified atom stereocenters. The zero-order chi connectivity index (χ0) is 24.3. The monoisotopic (exact) mass is 502 g/mol. The number of halogens is 1. The van der Waals surface area contributed by atoms with Crippen LogP contribution in [-0.2, 0) is 24.7 Å². The average Bonchev–Trinajstić information content (AvgIpc) is 2.70. The Labute approximate surface area is 194 Å². The van der Waals surface area contributed by atoms with E-state index in [2.05, 4.69) is 5.32 Å². The van der Waals surface area contributed by atoms with E-state index in [9.17, 15) is 21.6 Å². The lowest BCUT2D eigenvalue weighted by Gasteiger charge is -2.31. The maximum absolute atomic E-state index is 13.1. The molecule has 2 rings (SSSR count). The highest BCUT2D eigenvalue weighted by Crippen LogP contribution is 2.32. The van der Waals surface area contributed by atoms with E-state index in [1.54, 1.807) is 26.0 Å². The van der Waals surface area contributed by atoms with Crippen LogP contribution >= 0.6 is 11.6 Å². The number of hydrogen-bond donors (Lipinski definition) is 1. The number of rotatable bonds is 9. The lowest BCUT2D eigenvalue weighted by atomic mass is 10.1. The summed E-state index contributed by atoms with van der Waals surface area (Å²) in [5, 5.41) is 3.03. The number of carbonyl (C=O) groups excluding carboxylic acids is 1. The quantitative estimate of drug-likeness (QED) is 0.564. The third-order valence-electron chi connectivity index (χ3n) is 4.89. The molecule has 176 valence electrons. The molecule has 11 heteroatoms. The molecule has 0 aliphatic heterocycles. The molecule has 32 heavy (non-hydrogen) atoms. The van der Waals surface area contributed by atoms with Crippen LogP contribution in [0.3, 0.4) is 0 Å². The normalized spacial score (nSPS) is 13.8. The lowest BCUT2D eigenvalue weighted by Crippen LogP contribution is -2.49. The van der Waals surface area contributed by atoms with Crippen molar-refractivity contribution < 1.29 is 26.4 Å². The summed E-state index contributed by atoms with van der Waals surface area (Å²) in [4.78, 5) is 13.3. The van der Waals surface area contributed by atoms with Gasteiger partial charge in [-0.25, -0.2) is 16.8 Å². The number of sulfonamides is 1. The molecule has 8 nitrogen and oxygen atoms in total. The Morgan fingerprint density at radius 3 is 2.12 bits per heavy atom. The Bertz CT molecular complexity index is 1180. The topological polar surface area (TPSA) is 110 Å². The second kappa shape index (κ2) is 10.1. The molecule has 2 aromatic carbocycles. The summed E-state index contributed by atoms with van der Waals surface area (Å²) in [7, 11) is -5.71. The lowest BCUT2D eigenvalue weighted by molar-refractivity contribution is -0.122. The van der Waals surface area contributed by atoms with Crippen molar-refractivity contribution in [3.63, 3.8) is 0 Å². The first kappa shape index (κ1) is 26.0. The molecule has 0 bridgehead atoms. The van der Waals surface area contributed by atoms with Crippen LogP contribution in [0.15, 0.2) is 47.4 Å². The van der Waals surface area contributed by atoms with E-state index >= 15 is 0 Å². The fourth-order valence-electron chi connectivity index (χ4n) is 3.25. The number of amides is 1. The number of ether oxygens (including phenoxy) is 1. The van der Waals surface area contributed by atoms with Gasteiger partial charge in [-0.05, 0) is 49.2 Å². The number of benzene rings is 2. The van der Waals surface area contributed by atoms with Crippen LogP contribution in [0.4, 0.5) is 5.69 Å². The van der Waals surface area contributed by atoms with Crippen LogP contribution in [0.25, 0.3) is 0 Å². The SMILES string of the molecule is CC[C@@H](C(=O)N[C@H](C)c1ccc(S(C)(=O)=O)cc1)N(c1ccc(OC)c(Cl)c1)S(C)(=O)=O. The minimum absolute atomic E-state index is 0.172. The molecule has 1 amide bonds. The summed E-state index contributed by atoms with van der Waals surface area (Å²) in [6, 6.07) is 9.14. The van der Waals surface area contributed by atoms with Gasteiger partial charge in [-0.1, -0.05) is 30.7 Å². The Morgan fingerprint density at radius 1 is 1.09 bits per heavy atom. The number of nitrogens with one attached hydrogen (secondary N) is 1. The fraction of sp³-hybridized carbons (Fsp3) is 0.381. The molecule has 0 heterocycles. The molecule has 1 N–H and O–H groups in total. The summed E-state index contributed by atoms with van der Waals surface area (Å²) < 4.78 is 54.6. The van der Waals surface area contributed by atoms with E-state index in [0.717, 1.165) is 16.8 Å². The molecule has 0 aromatic heterocycles. The van der Waals surface area contributed by atoms with Gasteiger partial charge in [0, 0.05) is 6.26 Å². The first-order valence-corrected chi connectivity index (χ1v) is 13.8. The van der Waals surface area contributed by atoms with Gasteiger partial charge in [-0.15, -0.1) is 0 Å². The molecule has 0 aliphatic carbocycles. The minimum atomic E-state index is -3.83. The van der Waals surface area contributed by atoms with Crippen molar-refractivity contribution in [2.24, 2.45) is 0 Å². The van der Waals surface area contributed by atoms with Crippen LogP contribution < -0.4 is 14.4 Å². The standard InChI is InChI=1S/C21H27ClN2O6S2/c1-6-19(24(32(5,28)29)16-9-12-20(30-3)18(22)13-16)21(25)23-14(2)15-7-10-17(11-8-15)31(4,26)27/h7-14,19H,6H2,1-5H3,(H,23,25)/t14-,19+/m1/s1. The Hall–Kier alpha value is -2.30. The highest BCUT2D eigenvalue weighted by atomic mass is 35.5. The molecule has 2 aromatic rings. The number of carbonyl (C=O) groups is 1. The maximum atomic E-state index is 13.1. The summed E-state index contributed by atoms with van der Waals surface area (Å²) in [5.41, 5.74) is 0.921. The second-order valence-electron chi connectivity index (χ2n) is 7.37. The molecule has 0 spiro atoms. The van der Waals surface area contributed by atoms with Crippen molar-refractivity contribution >= 4 is 43.1 Å². The Morgan fingerprint density at radius 2 is 1.69 bits per heavy atom. The summed E-state index contributed by atoms with van der Waals surface area (Å²) in [6.07, 6.45) is 2.35. The summed E-state index contributed by atoms with van der Waals surface area (Å²) in [5.74, 6) is -0.114. The van der Waals surface area contributed by atoms with Gasteiger partial charge in [-0.2, -0.15) is 0 Å². The van der Waals surface area contributed by atoms with Gasteiger partial charge in [0.25, 0.3) is 0 Å². The maximum Gasteiger partial charge on any atom is 0.244 e. The van der Waals surface area contributed by atoms with Crippen LogP contribution in [0.5, 0.6) is 5.75 Å². The second-order valence-corrected chi connectivity index (χ2v) is 11.7. The van der Waals surface area contributed by atoms with E-state index < -0.39 is 37.9 Å². The zero-order valence-electron chi connectivity index (χ0n) is 18.5. The van der Waals surface area contributed by atoms with Crippen molar-refractivity contribution in [2.45, 2.75) is 37.2 Å². The highest BCUT2D eigenvalue weighted by Gasteiger charge is 2.32. The van der Waals surface area contributed by atoms with E-state index in [0.29, 0.717) is 11.3 Å². The van der Waals surface area contributed by atoms with Crippen LogP contribution in [0.2, 0.25) is 5.02 Å². The Balaban J connectivity index is 2.32. The van der Waals surface area contributed by atoms with Gasteiger partial charge in [0.15, 0.2) is 9.84 Å². The molecular formula is C21H27ClN2O6S2. The van der Waals surface area contributed by atoms with Crippen molar-refractivity contribution in [2.75, 3.05) is 23.9 Å². The van der Waals surface area contributed by atoms with Gasteiger partial charge in [-0.3, -0.25) is 9.10 Å². The molecular weight excluding hydrogens is 476 g/mol. The number of nitrogens with zero attached hydrogens (tertiary/aromatic N) is 1. The molecule has 0 fully saturated rings. The van der Waals surface area contributed by atoms with Gasteiger partial charge in [0.1, 0.15) is 11.8 Å². The first-order valence-electron chi connectivity index (χ1n) is 9.73. The molecule has 0 saturated carbocycles. The minimum Gasteiger partial charge on any atom is -0.495 e. The van der Waals surface area contributed by atoms with Gasteiger partial charge >= 0.3 is 0 Å². The van der Waals surface area contributed by atoms with Crippen LogP contribution in [-0.4, -0.2) is 48.4 Å². The predicted octanol–water partition coefficient (Wildman–Crippen LogP) is 3.17. The number of anilines is 1. The average molecular weight is 503 g/mol. The van der Waals surface area contributed by atoms with Gasteiger partial charge in [0.2, 0.25) is 15.9 Å². The van der Waals surface area contributed by atoms with Crippen molar-refractivity contribution in [1.82, 2.24) is 5.32 Å². The van der Waals surface area contributed by atoms with E-state index in [-0.39, 0.29) is 22.0 Å².